The first-order chi connectivity index (χ1) is 11.5. The van der Waals surface area contributed by atoms with Gasteiger partial charge in [-0.1, -0.05) is 19.3 Å². The van der Waals surface area contributed by atoms with Crippen molar-refractivity contribution in [1.29, 1.82) is 0 Å². The van der Waals surface area contributed by atoms with Gasteiger partial charge in [-0.2, -0.15) is 5.10 Å². The molecule has 4 rings (SSSR count). The average Bonchev–Trinajstić information content (AvgIpc) is 2.98. The minimum atomic E-state index is -0.315. The Morgan fingerprint density at radius 3 is 2.46 bits per heavy atom. The summed E-state index contributed by atoms with van der Waals surface area (Å²) in [6.07, 6.45) is 5.88. The number of nitrogens with zero attached hydrogens (tertiary/aromatic N) is 3. The van der Waals surface area contributed by atoms with Gasteiger partial charge in [0.2, 0.25) is 0 Å². The molecule has 24 heavy (non-hydrogen) atoms. The number of hydrogen-bond donors (Lipinski definition) is 2. The van der Waals surface area contributed by atoms with Gasteiger partial charge in [0.25, 0.3) is 5.56 Å². The van der Waals surface area contributed by atoms with Crippen molar-refractivity contribution in [3.05, 3.63) is 37.7 Å². The highest BCUT2D eigenvalue weighted by atomic mass is 16.2. The number of rotatable bonds is 1. The number of aromatic nitrogens is 4. The van der Waals surface area contributed by atoms with Crippen molar-refractivity contribution in [2.75, 3.05) is 5.32 Å². The van der Waals surface area contributed by atoms with Crippen LogP contribution in [0.2, 0.25) is 0 Å². The summed E-state index contributed by atoms with van der Waals surface area (Å²) in [5.74, 6) is 1.76. The topological polar surface area (TPSA) is 84.7 Å². The van der Waals surface area contributed by atoms with E-state index in [0.717, 1.165) is 29.9 Å². The summed E-state index contributed by atoms with van der Waals surface area (Å²) >= 11 is 0. The minimum Gasteiger partial charge on any atom is -0.324 e. The molecule has 1 unspecified atom stereocenters. The summed E-state index contributed by atoms with van der Waals surface area (Å²) in [5.41, 5.74) is 2.29. The van der Waals surface area contributed by atoms with Crippen molar-refractivity contribution in [1.82, 2.24) is 19.3 Å². The quantitative estimate of drug-likeness (QED) is 0.837. The van der Waals surface area contributed by atoms with Gasteiger partial charge in [0, 0.05) is 31.3 Å². The molecule has 2 aromatic rings. The molecule has 3 heterocycles. The summed E-state index contributed by atoms with van der Waals surface area (Å²) < 4.78 is 2.75. The highest BCUT2D eigenvalue weighted by Crippen LogP contribution is 2.47. The number of nitrogens with one attached hydrogen (secondary N) is 2. The first-order valence-corrected chi connectivity index (χ1v) is 8.62. The second-order valence-electron chi connectivity index (χ2n) is 7.08. The van der Waals surface area contributed by atoms with Crippen LogP contribution < -0.4 is 16.6 Å². The molecular formula is C17H23N5O2. The minimum absolute atomic E-state index is 0.000741. The van der Waals surface area contributed by atoms with Gasteiger partial charge >= 0.3 is 5.69 Å². The van der Waals surface area contributed by atoms with Crippen LogP contribution >= 0.6 is 0 Å². The number of aromatic amines is 1. The molecule has 1 atom stereocenters. The van der Waals surface area contributed by atoms with Crippen LogP contribution in [-0.4, -0.2) is 19.3 Å². The molecule has 128 valence electrons. The van der Waals surface area contributed by atoms with Crippen molar-refractivity contribution in [3.63, 3.8) is 0 Å². The third-order valence-corrected chi connectivity index (χ3v) is 5.67. The number of aryl methyl sites for hydroxylation is 1. The van der Waals surface area contributed by atoms with E-state index in [-0.39, 0.29) is 17.2 Å². The van der Waals surface area contributed by atoms with Crippen LogP contribution in [0.15, 0.2) is 9.59 Å². The van der Waals surface area contributed by atoms with Crippen molar-refractivity contribution in [3.8, 4) is 0 Å². The van der Waals surface area contributed by atoms with E-state index in [2.05, 4.69) is 15.5 Å². The lowest BCUT2D eigenvalue weighted by atomic mass is 9.72. The number of H-pyrrole nitrogens is 1. The second kappa shape index (κ2) is 5.36. The van der Waals surface area contributed by atoms with E-state index in [9.17, 15) is 9.59 Å². The molecule has 0 radical (unpaired) electrons. The van der Waals surface area contributed by atoms with Crippen molar-refractivity contribution >= 4 is 11.6 Å². The lowest BCUT2D eigenvalue weighted by Crippen LogP contribution is -2.43. The molecule has 1 aliphatic carbocycles. The van der Waals surface area contributed by atoms with Gasteiger partial charge < -0.3 is 5.32 Å². The van der Waals surface area contributed by atoms with E-state index >= 15 is 0 Å². The maximum atomic E-state index is 13.0. The summed E-state index contributed by atoms with van der Waals surface area (Å²) in [6.45, 7) is 2.00. The Labute approximate surface area is 139 Å². The van der Waals surface area contributed by atoms with Crippen LogP contribution in [0.4, 0.5) is 11.6 Å². The van der Waals surface area contributed by atoms with Gasteiger partial charge in [-0.3, -0.25) is 19.0 Å². The van der Waals surface area contributed by atoms with Crippen molar-refractivity contribution in [2.45, 2.75) is 44.9 Å². The second-order valence-corrected chi connectivity index (χ2v) is 7.08. The highest BCUT2D eigenvalue weighted by molar-refractivity contribution is 5.69. The molecule has 2 aliphatic rings. The van der Waals surface area contributed by atoms with Crippen LogP contribution in [-0.2, 0) is 14.1 Å². The Kier molecular flexibility index (Phi) is 3.40. The predicted molar refractivity (Wildman–Crippen MR) is 91.9 cm³/mol. The van der Waals surface area contributed by atoms with E-state index in [4.69, 9.17) is 0 Å². The van der Waals surface area contributed by atoms with Gasteiger partial charge in [-0.05, 0) is 25.7 Å². The summed E-state index contributed by atoms with van der Waals surface area (Å²) in [4.78, 5) is 25.3. The first kappa shape index (κ1) is 15.2. The molecule has 0 bridgehead atoms. The van der Waals surface area contributed by atoms with Crippen LogP contribution in [0.3, 0.4) is 0 Å². The van der Waals surface area contributed by atoms with Gasteiger partial charge in [-0.15, -0.1) is 0 Å². The van der Waals surface area contributed by atoms with Gasteiger partial charge in [0.1, 0.15) is 5.82 Å². The van der Waals surface area contributed by atoms with Crippen LogP contribution in [0.25, 0.3) is 0 Å². The molecule has 1 fully saturated rings. The predicted octanol–water partition coefficient (Wildman–Crippen LogP) is 1.88. The van der Waals surface area contributed by atoms with Gasteiger partial charge in [0.15, 0.2) is 5.82 Å². The molecule has 0 saturated heterocycles. The largest absolute Gasteiger partial charge is 0.332 e. The maximum absolute atomic E-state index is 13.0. The van der Waals surface area contributed by atoms with Gasteiger partial charge in [-0.25, -0.2) is 4.79 Å². The lowest BCUT2D eigenvalue weighted by molar-refractivity contribution is 0.324. The molecule has 2 N–H and O–H groups in total. The van der Waals surface area contributed by atoms with E-state index in [0.29, 0.717) is 17.3 Å². The number of hydrogen-bond acceptors (Lipinski definition) is 4. The average molecular weight is 329 g/mol. The Bertz CT molecular complexity index is 914. The zero-order chi connectivity index (χ0) is 17.0. The normalized spacial score (nSPS) is 20.4. The van der Waals surface area contributed by atoms with E-state index in [1.54, 1.807) is 14.1 Å². The number of anilines is 2. The summed E-state index contributed by atoms with van der Waals surface area (Å²) in [7, 11) is 3.26. The molecule has 0 spiro atoms. The Hall–Kier alpha value is -2.31. The summed E-state index contributed by atoms with van der Waals surface area (Å²) in [6, 6.07) is 0. The number of fused-ring (bicyclic) bond motifs is 2. The Balaban J connectivity index is 2.01. The van der Waals surface area contributed by atoms with Crippen LogP contribution in [0.5, 0.6) is 0 Å². The lowest BCUT2D eigenvalue weighted by Gasteiger charge is -2.35. The van der Waals surface area contributed by atoms with Crippen LogP contribution in [0.1, 0.15) is 54.8 Å². The Morgan fingerprint density at radius 1 is 1.04 bits per heavy atom. The van der Waals surface area contributed by atoms with E-state index in [1.807, 2.05) is 6.92 Å². The maximum Gasteiger partial charge on any atom is 0.332 e. The highest BCUT2D eigenvalue weighted by Gasteiger charge is 2.39. The third-order valence-electron chi connectivity index (χ3n) is 5.67. The smallest absolute Gasteiger partial charge is 0.324 e. The van der Waals surface area contributed by atoms with Gasteiger partial charge in [0.05, 0.1) is 5.56 Å². The van der Waals surface area contributed by atoms with E-state index in [1.165, 1.54) is 28.4 Å². The van der Waals surface area contributed by atoms with Crippen LogP contribution in [0, 0.1) is 12.8 Å². The Morgan fingerprint density at radius 2 is 1.75 bits per heavy atom. The zero-order valence-corrected chi connectivity index (χ0v) is 14.3. The fraction of sp³-hybridized carbons (Fsp3) is 0.588. The molecule has 2 aromatic heterocycles. The molecule has 1 aliphatic heterocycles. The standard InChI is InChI=1S/C17H23N5O2/c1-9-11-12(10-7-5-4-6-8-10)13-15(18-14(11)20-19-9)21(2)17(24)22(3)16(13)23/h10,12H,4-8H2,1-3H3,(H2,18,19,20). The third kappa shape index (κ3) is 2.00. The van der Waals surface area contributed by atoms with Crippen molar-refractivity contribution in [2.24, 2.45) is 20.0 Å². The summed E-state index contributed by atoms with van der Waals surface area (Å²) in [5, 5.41) is 10.6. The fourth-order valence-corrected chi connectivity index (χ4v) is 4.41. The van der Waals surface area contributed by atoms with E-state index < -0.39 is 0 Å². The SMILES string of the molecule is Cc1[nH]nc2c1C(C1CCCCC1)c1c(n(C)c(=O)n(C)c1=O)N2. The molecule has 7 nitrogen and oxygen atoms in total. The molecule has 0 aromatic carbocycles. The monoisotopic (exact) mass is 329 g/mol. The van der Waals surface area contributed by atoms with Crippen molar-refractivity contribution < 1.29 is 0 Å². The zero-order valence-electron chi connectivity index (χ0n) is 14.3. The molecule has 0 amide bonds. The molecule has 7 heteroatoms. The molecular weight excluding hydrogens is 306 g/mol. The first-order valence-electron chi connectivity index (χ1n) is 8.62. The molecule has 1 saturated carbocycles. The fourth-order valence-electron chi connectivity index (χ4n) is 4.41.